The molecule has 0 aliphatic carbocycles. The van der Waals surface area contributed by atoms with Crippen LogP contribution in [0.1, 0.15) is 30.9 Å². The van der Waals surface area contributed by atoms with Crippen LogP contribution in [0.25, 0.3) is 21.2 Å². The van der Waals surface area contributed by atoms with E-state index in [4.69, 9.17) is 11.6 Å². The van der Waals surface area contributed by atoms with E-state index in [0.717, 1.165) is 21.2 Å². The summed E-state index contributed by atoms with van der Waals surface area (Å²) in [7, 11) is -3.72. The Morgan fingerprint density at radius 2 is 1.81 bits per heavy atom. The molecule has 8 nitrogen and oxygen atoms in total. The number of hydrogen-bond acceptors (Lipinski definition) is 7. The summed E-state index contributed by atoms with van der Waals surface area (Å²) >= 11 is 7.30. The van der Waals surface area contributed by atoms with Crippen molar-refractivity contribution in [2.24, 2.45) is 5.92 Å². The first kappa shape index (κ1) is 25.7. The number of thiophene rings is 1. The maximum absolute atomic E-state index is 13.6. The monoisotopic (exact) mass is 555 g/mol. The Bertz CT molecular complexity index is 1530. The Balaban J connectivity index is 1.37. The van der Waals surface area contributed by atoms with Crippen molar-refractivity contribution < 1.29 is 13.2 Å². The van der Waals surface area contributed by atoms with Crippen LogP contribution in [0.15, 0.2) is 65.4 Å². The number of sulfonamides is 1. The second-order valence-electron chi connectivity index (χ2n) is 9.42. The molecule has 1 fully saturated rings. The van der Waals surface area contributed by atoms with Gasteiger partial charge in [-0.2, -0.15) is 4.31 Å². The first-order valence-electron chi connectivity index (χ1n) is 11.9. The van der Waals surface area contributed by atoms with Crippen molar-refractivity contribution in [2.75, 3.05) is 19.6 Å². The molecule has 0 radical (unpaired) electrons. The van der Waals surface area contributed by atoms with Crippen LogP contribution in [0.4, 0.5) is 0 Å². The second-order valence-corrected chi connectivity index (χ2v) is 13.1. The molecule has 0 saturated carbocycles. The molecule has 0 spiro atoms. The summed E-state index contributed by atoms with van der Waals surface area (Å²) < 4.78 is 29.7. The molecule has 1 saturated heterocycles. The molecule has 5 rings (SSSR count). The molecule has 1 amide bonds. The van der Waals surface area contributed by atoms with Gasteiger partial charge in [0.15, 0.2) is 0 Å². The summed E-state index contributed by atoms with van der Waals surface area (Å²) in [4.78, 5) is 27.8. The number of halogens is 1. The maximum atomic E-state index is 13.6. The Morgan fingerprint density at radius 1 is 1.08 bits per heavy atom. The van der Waals surface area contributed by atoms with Crippen molar-refractivity contribution in [3.8, 4) is 11.1 Å². The molecule has 4 heterocycles. The number of rotatable bonds is 6. The largest absolute Gasteiger partial charge is 0.330 e. The smallest absolute Gasteiger partial charge is 0.291 e. The van der Waals surface area contributed by atoms with E-state index >= 15 is 0 Å². The average molecular weight is 556 g/mol. The quantitative estimate of drug-likeness (QED) is 0.333. The molecule has 37 heavy (non-hydrogen) atoms. The fourth-order valence-corrected chi connectivity index (χ4v) is 7.85. The summed E-state index contributed by atoms with van der Waals surface area (Å²) in [5.74, 6) is 0.0779. The highest BCUT2D eigenvalue weighted by atomic mass is 35.5. The number of fused-ring (bicyclic) bond motifs is 1. The number of aromatic nitrogens is 3. The topological polar surface area (TPSA) is 96.4 Å². The second kappa shape index (κ2) is 10.4. The lowest BCUT2D eigenvalue weighted by Gasteiger charge is -2.41. The van der Waals surface area contributed by atoms with Gasteiger partial charge >= 0.3 is 0 Å². The van der Waals surface area contributed by atoms with E-state index in [1.807, 2.05) is 18.2 Å². The number of piperazine rings is 1. The van der Waals surface area contributed by atoms with Gasteiger partial charge in [-0.05, 0) is 53.6 Å². The van der Waals surface area contributed by atoms with Crippen molar-refractivity contribution in [3.05, 3.63) is 72.0 Å². The van der Waals surface area contributed by atoms with Gasteiger partial charge in [0.1, 0.15) is 4.21 Å². The van der Waals surface area contributed by atoms with E-state index in [0.29, 0.717) is 11.4 Å². The minimum absolute atomic E-state index is 0.101. The lowest BCUT2D eigenvalue weighted by atomic mass is 10.0. The lowest BCUT2D eigenvalue weighted by molar-refractivity contribution is 0.0518. The third-order valence-electron chi connectivity index (χ3n) is 6.36. The fraction of sp³-hybridized carbons (Fsp3) is 0.308. The predicted molar refractivity (Wildman–Crippen MR) is 145 cm³/mol. The minimum atomic E-state index is -3.72. The van der Waals surface area contributed by atoms with Crippen molar-refractivity contribution in [3.63, 3.8) is 0 Å². The summed E-state index contributed by atoms with van der Waals surface area (Å²) in [6, 6.07) is 10.5. The molecule has 1 aromatic carbocycles. The van der Waals surface area contributed by atoms with Crippen LogP contribution in [-0.2, 0) is 10.0 Å². The van der Waals surface area contributed by atoms with Crippen LogP contribution in [0, 0.1) is 5.92 Å². The fourth-order valence-electron chi connectivity index (χ4n) is 4.55. The number of carbonyl (C=O) groups is 1. The summed E-state index contributed by atoms with van der Waals surface area (Å²) in [6.07, 6.45) is 7.29. The standard InChI is InChI=1S/C26H26ClN5O3S2/c1-17(2)11-22-16-31(37(34,35)24-12-19-3-4-21(27)13-23(19)36-24)9-10-32(22)26(33)25-29-14-20(15-30-25)18-5-7-28-8-6-18/h3-8,12-15,17,22H,9-11,16H2,1-2H3. The van der Waals surface area contributed by atoms with Crippen LogP contribution >= 0.6 is 22.9 Å². The van der Waals surface area contributed by atoms with Gasteiger partial charge in [-0.3, -0.25) is 9.78 Å². The lowest BCUT2D eigenvalue weighted by Crippen LogP contribution is -2.57. The van der Waals surface area contributed by atoms with Gasteiger partial charge in [0.2, 0.25) is 5.82 Å². The van der Waals surface area contributed by atoms with E-state index in [1.54, 1.807) is 47.9 Å². The van der Waals surface area contributed by atoms with E-state index < -0.39 is 10.0 Å². The van der Waals surface area contributed by atoms with Crippen LogP contribution in [-0.4, -0.2) is 64.2 Å². The van der Waals surface area contributed by atoms with Gasteiger partial charge in [-0.15, -0.1) is 11.3 Å². The van der Waals surface area contributed by atoms with Crippen molar-refractivity contribution in [2.45, 2.75) is 30.5 Å². The number of pyridine rings is 1. The zero-order chi connectivity index (χ0) is 26.2. The number of hydrogen-bond donors (Lipinski definition) is 0. The third kappa shape index (κ3) is 5.38. The highest BCUT2D eigenvalue weighted by molar-refractivity contribution is 7.91. The minimum Gasteiger partial charge on any atom is -0.330 e. The van der Waals surface area contributed by atoms with E-state index in [2.05, 4.69) is 28.8 Å². The molecule has 1 aliphatic heterocycles. The van der Waals surface area contributed by atoms with E-state index in [-0.39, 0.29) is 47.5 Å². The molecule has 0 N–H and O–H groups in total. The molecule has 192 valence electrons. The molecule has 3 aromatic heterocycles. The van der Waals surface area contributed by atoms with Crippen LogP contribution in [0.5, 0.6) is 0 Å². The summed E-state index contributed by atoms with van der Waals surface area (Å²) in [6.45, 7) is 4.81. The van der Waals surface area contributed by atoms with Crippen LogP contribution in [0.3, 0.4) is 0 Å². The zero-order valence-corrected chi connectivity index (χ0v) is 22.8. The molecule has 1 atom stereocenters. The van der Waals surface area contributed by atoms with Gasteiger partial charge in [-0.25, -0.2) is 18.4 Å². The molecule has 1 aliphatic rings. The normalized spacial score (nSPS) is 17.0. The van der Waals surface area contributed by atoms with E-state index in [1.165, 1.54) is 15.6 Å². The zero-order valence-electron chi connectivity index (χ0n) is 20.4. The van der Waals surface area contributed by atoms with Gasteiger partial charge in [-0.1, -0.05) is 31.5 Å². The number of amides is 1. The summed E-state index contributed by atoms with van der Waals surface area (Å²) in [5.41, 5.74) is 1.70. The number of nitrogens with zero attached hydrogens (tertiary/aromatic N) is 5. The van der Waals surface area contributed by atoms with Gasteiger partial charge in [0.05, 0.1) is 0 Å². The number of benzene rings is 1. The van der Waals surface area contributed by atoms with Gasteiger partial charge < -0.3 is 4.90 Å². The first-order valence-corrected chi connectivity index (χ1v) is 14.6. The van der Waals surface area contributed by atoms with Crippen molar-refractivity contribution in [1.29, 1.82) is 0 Å². The maximum Gasteiger partial charge on any atom is 0.291 e. The van der Waals surface area contributed by atoms with Crippen LogP contribution < -0.4 is 0 Å². The van der Waals surface area contributed by atoms with E-state index in [9.17, 15) is 13.2 Å². The third-order valence-corrected chi connectivity index (χ3v) is 10.0. The molecular weight excluding hydrogens is 530 g/mol. The van der Waals surface area contributed by atoms with Gasteiger partial charge in [0, 0.05) is 65.7 Å². The Labute approximate surface area is 225 Å². The Morgan fingerprint density at radius 3 is 2.51 bits per heavy atom. The summed E-state index contributed by atoms with van der Waals surface area (Å²) in [5, 5.41) is 1.41. The number of carbonyl (C=O) groups excluding carboxylic acids is 1. The van der Waals surface area contributed by atoms with Crippen molar-refractivity contribution in [1.82, 2.24) is 24.2 Å². The molecular formula is C26H26ClN5O3S2. The molecule has 4 aromatic rings. The molecule has 0 bridgehead atoms. The molecule has 11 heteroatoms. The van der Waals surface area contributed by atoms with Crippen LogP contribution in [0.2, 0.25) is 5.02 Å². The highest BCUT2D eigenvalue weighted by Gasteiger charge is 2.38. The SMILES string of the molecule is CC(C)CC1CN(S(=O)(=O)c2cc3ccc(Cl)cc3s2)CCN1C(=O)c1ncc(-c2ccncc2)cn1. The Kier molecular flexibility index (Phi) is 7.26. The average Bonchev–Trinajstić information content (AvgIpc) is 3.33. The van der Waals surface area contributed by atoms with Crippen molar-refractivity contribution >= 4 is 49.0 Å². The highest BCUT2D eigenvalue weighted by Crippen LogP contribution is 2.34. The first-order chi connectivity index (χ1) is 17.7. The predicted octanol–water partition coefficient (Wildman–Crippen LogP) is 4.97. The molecule has 1 unspecified atom stereocenters. The van der Waals surface area contributed by atoms with Gasteiger partial charge in [0.25, 0.3) is 15.9 Å². The Hall–Kier alpha value is -2.92.